The van der Waals surface area contributed by atoms with Gasteiger partial charge in [0.25, 0.3) is 0 Å². The fourth-order valence-corrected chi connectivity index (χ4v) is 1.93. The standard InChI is InChI=1S/C15H21N3O/c1-11(2)18-10-17-8-14(18)9-19-15-6-4-13(5-7-15)12(3)16/h4-8,10-12H,9,16H2,1-3H3. The summed E-state index contributed by atoms with van der Waals surface area (Å²) in [6.45, 7) is 6.75. The third-order valence-electron chi connectivity index (χ3n) is 3.10. The van der Waals surface area contributed by atoms with Crippen LogP contribution in [0.2, 0.25) is 0 Å². The summed E-state index contributed by atoms with van der Waals surface area (Å²) >= 11 is 0. The van der Waals surface area contributed by atoms with E-state index in [0.29, 0.717) is 12.6 Å². The van der Waals surface area contributed by atoms with Crippen LogP contribution in [0, 0.1) is 0 Å². The molecule has 0 bridgehead atoms. The van der Waals surface area contributed by atoms with Gasteiger partial charge < -0.3 is 15.0 Å². The molecule has 0 fully saturated rings. The predicted molar refractivity (Wildman–Crippen MR) is 76.0 cm³/mol. The van der Waals surface area contributed by atoms with E-state index < -0.39 is 0 Å². The number of imidazole rings is 1. The molecule has 2 N–H and O–H groups in total. The lowest BCUT2D eigenvalue weighted by atomic mass is 10.1. The first-order valence-electron chi connectivity index (χ1n) is 6.57. The molecule has 102 valence electrons. The van der Waals surface area contributed by atoms with Gasteiger partial charge in [0.15, 0.2) is 0 Å². The maximum Gasteiger partial charge on any atom is 0.130 e. The van der Waals surface area contributed by atoms with Gasteiger partial charge in [-0.3, -0.25) is 0 Å². The minimum atomic E-state index is 0.0522. The molecule has 0 aliphatic rings. The van der Waals surface area contributed by atoms with Crippen LogP contribution in [0.15, 0.2) is 36.8 Å². The summed E-state index contributed by atoms with van der Waals surface area (Å²) in [4.78, 5) is 4.16. The molecule has 4 heteroatoms. The van der Waals surface area contributed by atoms with Crippen LogP contribution in [0.3, 0.4) is 0 Å². The zero-order chi connectivity index (χ0) is 13.8. The normalized spacial score (nSPS) is 12.7. The molecule has 1 aromatic heterocycles. The fourth-order valence-electron chi connectivity index (χ4n) is 1.93. The summed E-state index contributed by atoms with van der Waals surface area (Å²) in [5.41, 5.74) is 8.00. The van der Waals surface area contributed by atoms with E-state index in [-0.39, 0.29) is 6.04 Å². The van der Waals surface area contributed by atoms with Gasteiger partial charge in [-0.1, -0.05) is 12.1 Å². The third-order valence-corrected chi connectivity index (χ3v) is 3.10. The number of benzene rings is 1. The van der Waals surface area contributed by atoms with Gasteiger partial charge in [0, 0.05) is 12.1 Å². The zero-order valence-corrected chi connectivity index (χ0v) is 11.7. The van der Waals surface area contributed by atoms with E-state index in [1.807, 2.05) is 43.7 Å². The van der Waals surface area contributed by atoms with E-state index in [9.17, 15) is 0 Å². The van der Waals surface area contributed by atoms with E-state index >= 15 is 0 Å². The van der Waals surface area contributed by atoms with Crippen LogP contribution in [0.25, 0.3) is 0 Å². The summed E-state index contributed by atoms with van der Waals surface area (Å²) in [7, 11) is 0. The number of ether oxygens (including phenoxy) is 1. The number of aromatic nitrogens is 2. The summed E-state index contributed by atoms with van der Waals surface area (Å²) in [5.74, 6) is 0.848. The number of rotatable bonds is 5. The topological polar surface area (TPSA) is 53.1 Å². The molecule has 1 atom stereocenters. The smallest absolute Gasteiger partial charge is 0.130 e. The van der Waals surface area contributed by atoms with Crippen LogP contribution in [0.4, 0.5) is 0 Å². The lowest BCUT2D eigenvalue weighted by Crippen LogP contribution is -2.07. The van der Waals surface area contributed by atoms with E-state index in [1.165, 1.54) is 0 Å². The van der Waals surface area contributed by atoms with Crippen LogP contribution >= 0.6 is 0 Å². The van der Waals surface area contributed by atoms with Crippen molar-refractivity contribution in [3.05, 3.63) is 48.0 Å². The number of nitrogens with zero attached hydrogens (tertiary/aromatic N) is 2. The summed E-state index contributed by atoms with van der Waals surface area (Å²) in [5, 5.41) is 0. The number of hydrogen-bond acceptors (Lipinski definition) is 3. The molecule has 0 spiro atoms. The molecule has 0 aliphatic heterocycles. The average molecular weight is 259 g/mol. The summed E-state index contributed by atoms with van der Waals surface area (Å²) < 4.78 is 7.88. The highest BCUT2D eigenvalue weighted by atomic mass is 16.5. The predicted octanol–water partition coefficient (Wildman–Crippen LogP) is 3.06. The highest BCUT2D eigenvalue weighted by molar-refractivity contribution is 5.28. The van der Waals surface area contributed by atoms with E-state index in [0.717, 1.165) is 17.0 Å². The van der Waals surface area contributed by atoms with Gasteiger partial charge in [-0.2, -0.15) is 0 Å². The highest BCUT2D eigenvalue weighted by Crippen LogP contribution is 2.18. The van der Waals surface area contributed by atoms with E-state index in [4.69, 9.17) is 10.5 Å². The molecular formula is C15H21N3O. The Morgan fingerprint density at radius 2 is 1.89 bits per heavy atom. The second kappa shape index (κ2) is 5.89. The minimum Gasteiger partial charge on any atom is -0.487 e. The van der Waals surface area contributed by atoms with Crippen LogP contribution in [-0.4, -0.2) is 9.55 Å². The van der Waals surface area contributed by atoms with Crippen molar-refractivity contribution in [2.75, 3.05) is 0 Å². The van der Waals surface area contributed by atoms with Crippen molar-refractivity contribution in [1.82, 2.24) is 9.55 Å². The molecule has 2 aromatic rings. The zero-order valence-electron chi connectivity index (χ0n) is 11.7. The number of hydrogen-bond donors (Lipinski definition) is 1. The summed E-state index contributed by atoms with van der Waals surface area (Å²) in [6.07, 6.45) is 3.68. The van der Waals surface area contributed by atoms with Gasteiger partial charge in [-0.15, -0.1) is 0 Å². The average Bonchev–Trinajstić information content (AvgIpc) is 2.85. The third kappa shape index (κ3) is 3.35. The number of nitrogens with two attached hydrogens (primary N) is 1. The van der Waals surface area contributed by atoms with Crippen molar-refractivity contribution in [1.29, 1.82) is 0 Å². The van der Waals surface area contributed by atoms with Gasteiger partial charge in [0.2, 0.25) is 0 Å². The molecule has 1 aromatic carbocycles. The molecule has 0 radical (unpaired) electrons. The lowest BCUT2D eigenvalue weighted by Gasteiger charge is -2.13. The van der Waals surface area contributed by atoms with Gasteiger partial charge in [0.05, 0.1) is 18.2 Å². The molecule has 0 saturated carbocycles. The van der Waals surface area contributed by atoms with Crippen molar-refractivity contribution in [2.24, 2.45) is 5.73 Å². The van der Waals surface area contributed by atoms with Gasteiger partial charge in [-0.05, 0) is 38.5 Å². The molecule has 1 heterocycles. The van der Waals surface area contributed by atoms with Gasteiger partial charge in [0.1, 0.15) is 12.4 Å². The fraction of sp³-hybridized carbons (Fsp3) is 0.400. The Bertz CT molecular complexity index is 514. The van der Waals surface area contributed by atoms with Crippen molar-refractivity contribution < 1.29 is 4.74 Å². The lowest BCUT2D eigenvalue weighted by molar-refractivity contribution is 0.292. The molecule has 1 unspecified atom stereocenters. The molecular weight excluding hydrogens is 238 g/mol. The summed E-state index contributed by atoms with van der Waals surface area (Å²) in [6, 6.07) is 8.35. The monoisotopic (exact) mass is 259 g/mol. The SMILES string of the molecule is CC(N)c1ccc(OCc2cncn2C(C)C)cc1. The highest BCUT2D eigenvalue weighted by Gasteiger charge is 2.06. The second-order valence-corrected chi connectivity index (χ2v) is 5.03. The second-order valence-electron chi connectivity index (χ2n) is 5.03. The Labute approximate surface area is 114 Å². The van der Waals surface area contributed by atoms with Crippen LogP contribution in [-0.2, 0) is 6.61 Å². The first-order chi connectivity index (χ1) is 9.08. The first-order valence-corrected chi connectivity index (χ1v) is 6.57. The van der Waals surface area contributed by atoms with Crippen LogP contribution < -0.4 is 10.5 Å². The van der Waals surface area contributed by atoms with Crippen LogP contribution in [0.5, 0.6) is 5.75 Å². The molecule has 2 rings (SSSR count). The van der Waals surface area contributed by atoms with Gasteiger partial charge >= 0.3 is 0 Å². The minimum absolute atomic E-state index is 0.0522. The van der Waals surface area contributed by atoms with Gasteiger partial charge in [-0.25, -0.2) is 4.98 Å². The molecule has 0 amide bonds. The van der Waals surface area contributed by atoms with E-state index in [2.05, 4.69) is 23.4 Å². The molecule has 4 nitrogen and oxygen atoms in total. The Morgan fingerprint density at radius 1 is 1.21 bits per heavy atom. The maximum atomic E-state index is 5.82. The largest absolute Gasteiger partial charge is 0.487 e. The Balaban J connectivity index is 2.00. The Morgan fingerprint density at radius 3 is 2.47 bits per heavy atom. The molecule has 0 saturated heterocycles. The van der Waals surface area contributed by atoms with E-state index in [1.54, 1.807) is 0 Å². The quantitative estimate of drug-likeness (QED) is 0.897. The van der Waals surface area contributed by atoms with Crippen molar-refractivity contribution in [3.63, 3.8) is 0 Å². The maximum absolute atomic E-state index is 5.82. The first kappa shape index (κ1) is 13.6. The van der Waals surface area contributed by atoms with Crippen molar-refractivity contribution in [2.45, 2.75) is 39.5 Å². The Kier molecular flexibility index (Phi) is 4.22. The van der Waals surface area contributed by atoms with Crippen molar-refractivity contribution >= 4 is 0 Å². The van der Waals surface area contributed by atoms with Crippen LogP contribution in [0.1, 0.15) is 44.1 Å². The molecule has 0 aliphatic carbocycles. The van der Waals surface area contributed by atoms with Crippen molar-refractivity contribution in [3.8, 4) is 5.75 Å². The molecule has 19 heavy (non-hydrogen) atoms. The Hall–Kier alpha value is -1.81.